The average Bonchev–Trinajstić information content (AvgIpc) is 3.03. The SMILES string of the molecule is C/C=C/CC(NC(=O)c1cnn(-c2cccc(Cl)c2)c1C(C)C)C(=O)O. The molecule has 1 amide bonds. The predicted octanol–water partition coefficient (Wildman–Crippen LogP) is 3.80. The van der Waals surface area contributed by atoms with E-state index in [9.17, 15) is 14.7 Å². The highest BCUT2D eigenvalue weighted by molar-refractivity contribution is 6.30. The van der Waals surface area contributed by atoms with E-state index < -0.39 is 17.9 Å². The van der Waals surface area contributed by atoms with Crippen molar-refractivity contribution in [1.29, 1.82) is 0 Å². The monoisotopic (exact) mass is 375 g/mol. The van der Waals surface area contributed by atoms with Crippen LogP contribution in [0, 0.1) is 0 Å². The van der Waals surface area contributed by atoms with Gasteiger partial charge in [-0.25, -0.2) is 9.48 Å². The Hall–Kier alpha value is -2.60. The molecule has 0 saturated heterocycles. The lowest BCUT2D eigenvalue weighted by Gasteiger charge is -2.15. The average molecular weight is 376 g/mol. The van der Waals surface area contributed by atoms with Crippen LogP contribution >= 0.6 is 11.6 Å². The van der Waals surface area contributed by atoms with Gasteiger partial charge in [-0.05, 0) is 37.5 Å². The molecule has 138 valence electrons. The Kier molecular flexibility index (Phi) is 6.58. The number of carboxylic acids is 1. The minimum absolute atomic E-state index is 0.00366. The van der Waals surface area contributed by atoms with Crippen LogP contribution in [0.5, 0.6) is 0 Å². The van der Waals surface area contributed by atoms with Gasteiger partial charge in [-0.2, -0.15) is 5.10 Å². The molecular formula is C19H22ClN3O3. The van der Waals surface area contributed by atoms with E-state index in [2.05, 4.69) is 10.4 Å². The number of amides is 1. The molecular weight excluding hydrogens is 354 g/mol. The number of hydrogen-bond donors (Lipinski definition) is 2. The maximum Gasteiger partial charge on any atom is 0.326 e. The third-order valence-electron chi connectivity index (χ3n) is 3.86. The first-order valence-corrected chi connectivity index (χ1v) is 8.71. The van der Waals surface area contributed by atoms with E-state index in [0.717, 1.165) is 5.69 Å². The number of aliphatic carboxylic acids is 1. The Labute approximate surface area is 157 Å². The Morgan fingerprint density at radius 3 is 2.69 bits per heavy atom. The molecule has 7 heteroatoms. The van der Waals surface area contributed by atoms with E-state index in [-0.39, 0.29) is 12.3 Å². The summed E-state index contributed by atoms with van der Waals surface area (Å²) in [6.45, 7) is 5.69. The number of carboxylic acid groups (broad SMARTS) is 1. The van der Waals surface area contributed by atoms with Gasteiger partial charge in [0, 0.05) is 5.02 Å². The molecule has 26 heavy (non-hydrogen) atoms. The van der Waals surface area contributed by atoms with Crippen molar-refractivity contribution in [2.45, 2.75) is 39.2 Å². The van der Waals surface area contributed by atoms with Crippen molar-refractivity contribution < 1.29 is 14.7 Å². The van der Waals surface area contributed by atoms with Crippen LogP contribution in [0.2, 0.25) is 5.02 Å². The number of rotatable bonds is 7. The molecule has 0 fully saturated rings. The third-order valence-corrected chi connectivity index (χ3v) is 4.10. The van der Waals surface area contributed by atoms with E-state index in [0.29, 0.717) is 16.3 Å². The van der Waals surface area contributed by atoms with E-state index >= 15 is 0 Å². The number of aromatic nitrogens is 2. The van der Waals surface area contributed by atoms with Gasteiger partial charge in [-0.3, -0.25) is 4.79 Å². The number of allylic oxidation sites excluding steroid dienone is 1. The summed E-state index contributed by atoms with van der Waals surface area (Å²) in [7, 11) is 0. The Balaban J connectivity index is 2.37. The van der Waals surface area contributed by atoms with Gasteiger partial charge in [0.2, 0.25) is 0 Å². The molecule has 1 aromatic carbocycles. The number of nitrogens with one attached hydrogen (secondary N) is 1. The summed E-state index contributed by atoms with van der Waals surface area (Å²) in [5.41, 5.74) is 1.79. The zero-order valence-corrected chi connectivity index (χ0v) is 15.7. The van der Waals surface area contributed by atoms with Crippen molar-refractivity contribution in [2.24, 2.45) is 0 Å². The first-order chi connectivity index (χ1) is 12.3. The minimum atomic E-state index is -1.08. The second-order valence-corrected chi connectivity index (χ2v) is 6.60. The van der Waals surface area contributed by atoms with Gasteiger partial charge in [0.15, 0.2) is 0 Å². The second-order valence-electron chi connectivity index (χ2n) is 6.16. The van der Waals surface area contributed by atoms with E-state index in [1.54, 1.807) is 42.0 Å². The summed E-state index contributed by atoms with van der Waals surface area (Å²) in [5, 5.41) is 16.8. The lowest BCUT2D eigenvalue weighted by Crippen LogP contribution is -2.40. The molecule has 1 atom stereocenters. The van der Waals surface area contributed by atoms with Crippen LogP contribution in [-0.4, -0.2) is 32.8 Å². The molecule has 6 nitrogen and oxygen atoms in total. The normalized spacial score (nSPS) is 12.5. The van der Waals surface area contributed by atoms with Crippen molar-refractivity contribution in [3.63, 3.8) is 0 Å². The number of halogens is 1. The molecule has 2 aromatic rings. The number of carbonyl (C=O) groups excluding carboxylic acids is 1. The summed E-state index contributed by atoms with van der Waals surface area (Å²) in [4.78, 5) is 24.1. The zero-order valence-electron chi connectivity index (χ0n) is 14.9. The highest BCUT2D eigenvalue weighted by Gasteiger charge is 2.25. The molecule has 2 rings (SSSR count). The van der Waals surface area contributed by atoms with Gasteiger partial charge < -0.3 is 10.4 Å². The summed E-state index contributed by atoms with van der Waals surface area (Å²) >= 11 is 6.06. The number of benzene rings is 1. The van der Waals surface area contributed by atoms with E-state index in [1.807, 2.05) is 19.9 Å². The maximum absolute atomic E-state index is 12.7. The molecule has 1 aromatic heterocycles. The Bertz CT molecular complexity index is 827. The molecule has 1 heterocycles. The lowest BCUT2D eigenvalue weighted by atomic mass is 10.0. The maximum atomic E-state index is 12.7. The fourth-order valence-electron chi connectivity index (χ4n) is 2.63. The number of nitrogens with zero attached hydrogens (tertiary/aromatic N) is 2. The lowest BCUT2D eigenvalue weighted by molar-refractivity contribution is -0.139. The fraction of sp³-hybridized carbons (Fsp3) is 0.316. The summed E-state index contributed by atoms with van der Waals surface area (Å²) < 4.78 is 1.66. The highest BCUT2D eigenvalue weighted by Crippen LogP contribution is 2.24. The van der Waals surface area contributed by atoms with Gasteiger partial charge >= 0.3 is 5.97 Å². The molecule has 0 saturated carbocycles. The van der Waals surface area contributed by atoms with Gasteiger partial charge in [-0.15, -0.1) is 0 Å². The minimum Gasteiger partial charge on any atom is -0.480 e. The molecule has 0 aliphatic rings. The topological polar surface area (TPSA) is 84.2 Å². The zero-order chi connectivity index (χ0) is 19.3. The van der Waals surface area contributed by atoms with E-state index in [1.165, 1.54) is 6.20 Å². The van der Waals surface area contributed by atoms with Crippen LogP contribution in [0.3, 0.4) is 0 Å². The van der Waals surface area contributed by atoms with Crippen molar-refractivity contribution in [3.8, 4) is 5.69 Å². The predicted molar refractivity (Wildman–Crippen MR) is 101 cm³/mol. The molecule has 0 aliphatic heterocycles. The largest absolute Gasteiger partial charge is 0.480 e. The summed E-state index contributed by atoms with van der Waals surface area (Å²) in [6, 6.07) is 6.18. The van der Waals surface area contributed by atoms with Crippen molar-refractivity contribution in [3.05, 3.63) is 58.9 Å². The van der Waals surface area contributed by atoms with Crippen LogP contribution in [-0.2, 0) is 4.79 Å². The smallest absolute Gasteiger partial charge is 0.326 e. The number of carbonyl (C=O) groups is 2. The van der Waals surface area contributed by atoms with Crippen LogP contribution in [0.1, 0.15) is 49.2 Å². The third kappa shape index (κ3) is 4.52. The van der Waals surface area contributed by atoms with Crippen LogP contribution in [0.15, 0.2) is 42.6 Å². The molecule has 2 N–H and O–H groups in total. The van der Waals surface area contributed by atoms with Crippen molar-refractivity contribution in [1.82, 2.24) is 15.1 Å². The van der Waals surface area contributed by atoms with E-state index in [4.69, 9.17) is 11.6 Å². The quantitative estimate of drug-likeness (QED) is 0.721. The van der Waals surface area contributed by atoms with Gasteiger partial charge in [0.25, 0.3) is 5.91 Å². The van der Waals surface area contributed by atoms with Crippen LogP contribution < -0.4 is 5.32 Å². The first-order valence-electron chi connectivity index (χ1n) is 8.33. The number of hydrogen-bond acceptors (Lipinski definition) is 3. The van der Waals surface area contributed by atoms with Crippen LogP contribution in [0.25, 0.3) is 5.69 Å². The van der Waals surface area contributed by atoms with Crippen LogP contribution in [0.4, 0.5) is 0 Å². The fourth-order valence-corrected chi connectivity index (χ4v) is 2.82. The molecule has 0 radical (unpaired) electrons. The van der Waals surface area contributed by atoms with Gasteiger partial charge in [-0.1, -0.05) is 43.7 Å². The first kappa shape index (κ1) is 19.7. The van der Waals surface area contributed by atoms with Crippen molar-refractivity contribution in [2.75, 3.05) is 0 Å². The second kappa shape index (κ2) is 8.67. The summed E-state index contributed by atoms with van der Waals surface area (Å²) in [6.07, 6.45) is 5.13. The highest BCUT2D eigenvalue weighted by atomic mass is 35.5. The van der Waals surface area contributed by atoms with Crippen molar-refractivity contribution >= 4 is 23.5 Å². The molecule has 1 unspecified atom stereocenters. The Morgan fingerprint density at radius 2 is 2.12 bits per heavy atom. The summed E-state index contributed by atoms with van der Waals surface area (Å²) in [5.74, 6) is -1.54. The molecule has 0 aliphatic carbocycles. The molecule has 0 spiro atoms. The standard InChI is InChI=1S/C19H22ClN3O3/c1-4-5-9-16(19(25)26)22-18(24)15-11-21-23(17(15)12(2)3)14-8-6-7-13(20)10-14/h4-8,10-12,16H,9H2,1-3H3,(H,22,24)(H,25,26)/b5-4+. The molecule has 0 bridgehead atoms. The van der Waals surface area contributed by atoms with Gasteiger partial charge in [0.05, 0.1) is 23.1 Å². The van der Waals surface area contributed by atoms with Gasteiger partial charge in [0.1, 0.15) is 6.04 Å². The Morgan fingerprint density at radius 1 is 1.38 bits per heavy atom.